The van der Waals surface area contributed by atoms with Crippen molar-refractivity contribution in [2.75, 3.05) is 6.54 Å². The summed E-state index contributed by atoms with van der Waals surface area (Å²) in [5.74, 6) is 1.70. The molecule has 4 rings (SSSR count). The molecule has 26 heavy (non-hydrogen) atoms. The average Bonchev–Trinajstić information content (AvgIpc) is 3.39. The Balaban J connectivity index is 1.42. The summed E-state index contributed by atoms with van der Waals surface area (Å²) in [7, 11) is 0. The Labute approximate surface area is 150 Å². The number of hydrogen-bond acceptors (Lipinski definition) is 6. The van der Waals surface area contributed by atoms with Gasteiger partial charge in [-0.1, -0.05) is 11.2 Å². The molecule has 1 N–H and O–H groups in total. The summed E-state index contributed by atoms with van der Waals surface area (Å²) in [4.78, 5) is 25.4. The monoisotopic (exact) mass is 349 g/mol. The average molecular weight is 349 g/mol. The fraction of sp³-hybridized carbons (Fsp3) is 0.316. The lowest BCUT2D eigenvalue weighted by Gasteiger charge is -2.09. The van der Waals surface area contributed by atoms with E-state index in [0.717, 1.165) is 35.6 Å². The molecule has 0 saturated heterocycles. The van der Waals surface area contributed by atoms with E-state index in [1.807, 2.05) is 25.1 Å². The molecule has 1 aliphatic rings. The molecule has 7 nitrogen and oxygen atoms in total. The first kappa shape index (κ1) is 16.4. The summed E-state index contributed by atoms with van der Waals surface area (Å²) in [6.07, 6.45) is 6.32. The van der Waals surface area contributed by atoms with Crippen LogP contribution >= 0.6 is 0 Å². The Kier molecular flexibility index (Phi) is 4.43. The number of rotatable bonds is 6. The van der Waals surface area contributed by atoms with Crippen molar-refractivity contribution in [2.45, 2.75) is 32.1 Å². The fourth-order valence-electron chi connectivity index (χ4n) is 2.79. The number of pyridine rings is 1. The number of nitrogens with one attached hydrogen (secondary N) is 1. The summed E-state index contributed by atoms with van der Waals surface area (Å²) in [6, 6.07) is 7.45. The van der Waals surface area contributed by atoms with Crippen LogP contribution in [0.5, 0.6) is 0 Å². The minimum absolute atomic E-state index is 0.231. The molecular weight excluding hydrogens is 330 g/mol. The van der Waals surface area contributed by atoms with Crippen molar-refractivity contribution in [1.29, 1.82) is 0 Å². The second-order valence-corrected chi connectivity index (χ2v) is 6.39. The Morgan fingerprint density at radius 3 is 2.96 bits per heavy atom. The molecule has 1 aliphatic carbocycles. The summed E-state index contributed by atoms with van der Waals surface area (Å²) >= 11 is 0. The molecule has 1 amide bonds. The molecule has 0 unspecified atom stereocenters. The van der Waals surface area contributed by atoms with Gasteiger partial charge in [-0.05, 0) is 31.9 Å². The van der Waals surface area contributed by atoms with Crippen molar-refractivity contribution in [3.63, 3.8) is 0 Å². The SMILES string of the molecule is Cc1ncc(-c2ccccn2)c(CCNC(=O)c2cc(C3CC3)on2)n1. The molecule has 0 spiro atoms. The molecule has 0 aliphatic heterocycles. The molecule has 0 aromatic carbocycles. The highest BCUT2D eigenvalue weighted by molar-refractivity contribution is 5.92. The van der Waals surface area contributed by atoms with Gasteiger partial charge >= 0.3 is 0 Å². The lowest BCUT2D eigenvalue weighted by atomic mass is 10.1. The summed E-state index contributed by atoms with van der Waals surface area (Å²) in [5.41, 5.74) is 2.88. The predicted octanol–water partition coefficient (Wildman–Crippen LogP) is 2.68. The van der Waals surface area contributed by atoms with E-state index in [1.54, 1.807) is 18.5 Å². The maximum Gasteiger partial charge on any atom is 0.273 e. The first-order valence-electron chi connectivity index (χ1n) is 8.69. The number of amides is 1. The third-order valence-electron chi connectivity index (χ3n) is 4.32. The lowest BCUT2D eigenvalue weighted by molar-refractivity contribution is 0.0945. The van der Waals surface area contributed by atoms with Gasteiger partial charge in [-0.2, -0.15) is 0 Å². The van der Waals surface area contributed by atoms with Crippen molar-refractivity contribution in [3.8, 4) is 11.3 Å². The minimum atomic E-state index is -0.231. The first-order chi connectivity index (χ1) is 12.7. The second kappa shape index (κ2) is 7.03. The quantitative estimate of drug-likeness (QED) is 0.735. The van der Waals surface area contributed by atoms with Crippen LogP contribution in [0.25, 0.3) is 11.3 Å². The van der Waals surface area contributed by atoms with Crippen molar-refractivity contribution in [2.24, 2.45) is 0 Å². The molecule has 1 fully saturated rings. The van der Waals surface area contributed by atoms with E-state index in [-0.39, 0.29) is 5.91 Å². The van der Waals surface area contributed by atoms with Crippen molar-refractivity contribution < 1.29 is 9.32 Å². The van der Waals surface area contributed by atoms with Crippen LogP contribution in [0.3, 0.4) is 0 Å². The molecule has 3 aromatic rings. The zero-order chi connectivity index (χ0) is 17.9. The predicted molar refractivity (Wildman–Crippen MR) is 94.5 cm³/mol. The van der Waals surface area contributed by atoms with E-state index in [1.165, 1.54) is 0 Å². The summed E-state index contributed by atoms with van der Waals surface area (Å²) < 4.78 is 5.23. The number of carbonyl (C=O) groups excluding carboxylic acids is 1. The molecular formula is C19H19N5O2. The van der Waals surface area contributed by atoms with E-state index in [2.05, 4.69) is 25.4 Å². The summed E-state index contributed by atoms with van der Waals surface area (Å²) in [5, 5.41) is 6.74. The smallest absolute Gasteiger partial charge is 0.273 e. The molecule has 1 saturated carbocycles. The van der Waals surface area contributed by atoms with Gasteiger partial charge in [0.2, 0.25) is 0 Å². The van der Waals surface area contributed by atoms with Gasteiger partial charge in [0.05, 0.1) is 11.4 Å². The number of aromatic nitrogens is 4. The Morgan fingerprint density at radius 1 is 1.31 bits per heavy atom. The molecule has 0 bridgehead atoms. The van der Waals surface area contributed by atoms with Crippen molar-refractivity contribution in [3.05, 3.63) is 59.6 Å². The number of carbonyl (C=O) groups is 1. The van der Waals surface area contributed by atoms with Crippen LogP contribution in [0.15, 0.2) is 41.2 Å². The summed E-state index contributed by atoms with van der Waals surface area (Å²) in [6.45, 7) is 2.29. The topological polar surface area (TPSA) is 93.8 Å². The van der Waals surface area contributed by atoms with Gasteiger partial charge in [0.25, 0.3) is 5.91 Å². The molecule has 7 heteroatoms. The molecule has 0 radical (unpaired) electrons. The van der Waals surface area contributed by atoms with Crippen LogP contribution in [0, 0.1) is 6.92 Å². The zero-order valence-corrected chi connectivity index (χ0v) is 14.5. The van der Waals surface area contributed by atoms with E-state index in [0.29, 0.717) is 30.4 Å². The van der Waals surface area contributed by atoms with Crippen LogP contribution in [-0.4, -0.2) is 32.6 Å². The zero-order valence-electron chi connectivity index (χ0n) is 14.5. The van der Waals surface area contributed by atoms with Gasteiger partial charge in [0.1, 0.15) is 11.6 Å². The molecule has 0 atom stereocenters. The highest BCUT2D eigenvalue weighted by atomic mass is 16.5. The van der Waals surface area contributed by atoms with E-state index >= 15 is 0 Å². The van der Waals surface area contributed by atoms with Gasteiger partial charge in [-0.3, -0.25) is 9.78 Å². The molecule has 132 valence electrons. The van der Waals surface area contributed by atoms with Crippen molar-refractivity contribution in [1.82, 2.24) is 25.4 Å². The Hall–Kier alpha value is -3.09. The van der Waals surface area contributed by atoms with Gasteiger partial charge in [-0.25, -0.2) is 9.97 Å². The first-order valence-corrected chi connectivity index (χ1v) is 8.69. The maximum atomic E-state index is 12.2. The Bertz CT molecular complexity index is 919. The second-order valence-electron chi connectivity index (χ2n) is 6.39. The van der Waals surface area contributed by atoms with Crippen LogP contribution in [0.4, 0.5) is 0 Å². The number of hydrogen-bond donors (Lipinski definition) is 1. The normalized spacial score (nSPS) is 13.6. The van der Waals surface area contributed by atoms with Crippen LogP contribution in [0.2, 0.25) is 0 Å². The highest BCUT2D eigenvalue weighted by Gasteiger charge is 2.28. The third kappa shape index (κ3) is 3.61. The lowest BCUT2D eigenvalue weighted by Crippen LogP contribution is -2.26. The largest absolute Gasteiger partial charge is 0.360 e. The van der Waals surface area contributed by atoms with E-state index < -0.39 is 0 Å². The van der Waals surface area contributed by atoms with Gasteiger partial charge in [0.15, 0.2) is 5.69 Å². The van der Waals surface area contributed by atoms with Crippen molar-refractivity contribution >= 4 is 5.91 Å². The molecule has 3 heterocycles. The van der Waals surface area contributed by atoms with Crippen LogP contribution < -0.4 is 5.32 Å². The van der Waals surface area contributed by atoms with Gasteiger partial charge < -0.3 is 9.84 Å². The standard InChI is InChI=1S/C19H19N5O2/c1-12-22-11-14(15-4-2-3-8-20-15)16(23-12)7-9-21-19(25)17-10-18(26-24-17)13-5-6-13/h2-4,8,10-11,13H,5-7,9H2,1H3,(H,21,25). The highest BCUT2D eigenvalue weighted by Crippen LogP contribution is 2.40. The Morgan fingerprint density at radius 2 is 2.19 bits per heavy atom. The van der Waals surface area contributed by atoms with Crippen LogP contribution in [-0.2, 0) is 6.42 Å². The fourth-order valence-corrected chi connectivity index (χ4v) is 2.79. The number of nitrogens with zero attached hydrogens (tertiary/aromatic N) is 4. The molecule has 3 aromatic heterocycles. The minimum Gasteiger partial charge on any atom is -0.360 e. The van der Waals surface area contributed by atoms with E-state index in [4.69, 9.17) is 4.52 Å². The number of aryl methyl sites for hydroxylation is 1. The van der Waals surface area contributed by atoms with E-state index in [9.17, 15) is 4.79 Å². The third-order valence-corrected chi connectivity index (χ3v) is 4.32. The van der Waals surface area contributed by atoms with Crippen LogP contribution in [0.1, 0.15) is 46.5 Å². The maximum absolute atomic E-state index is 12.2. The van der Waals surface area contributed by atoms with Gasteiger partial charge in [0, 0.05) is 42.9 Å². The van der Waals surface area contributed by atoms with Gasteiger partial charge in [-0.15, -0.1) is 0 Å².